The quantitative estimate of drug-likeness (QED) is 0.635. The number of carbonyl (C=O) groups excluding carboxylic acids is 2. The Hall–Kier alpha value is -2.22. The van der Waals surface area contributed by atoms with Gasteiger partial charge in [-0.2, -0.15) is 0 Å². The monoisotopic (exact) mass is 472 g/mol. The summed E-state index contributed by atoms with van der Waals surface area (Å²) in [5.74, 6) is 1.31. The minimum atomic E-state index is -0.496. The number of halogens is 1. The van der Waals surface area contributed by atoms with E-state index in [9.17, 15) is 9.59 Å². The number of fused-ring (bicyclic) bond motifs is 2. The molecular weight excluding hydrogens is 446 g/mol. The number of guanidine groups is 1. The summed E-state index contributed by atoms with van der Waals surface area (Å²) in [6.45, 7) is 2.05. The van der Waals surface area contributed by atoms with E-state index in [2.05, 4.69) is 25.4 Å². The van der Waals surface area contributed by atoms with Crippen LogP contribution in [0.2, 0.25) is 0 Å². The standard InChI is InChI=1S/C22H27BrN5O2/c1-25-19-18(20(29)28(22(25)30)14-15-8-10-16(23)11-9-15)27-13-5-12-26(21(27)24-19)17-6-3-2-4-7-17/h8-11,17-18H,2-7,12-14H2,1H3/q+1. The number of amidine groups is 1. The first kappa shape index (κ1) is 19.7. The number of urea groups is 1. The largest absolute Gasteiger partial charge is 0.392 e. The fourth-order valence-corrected chi connectivity index (χ4v) is 5.40. The number of hydrogen-bond acceptors (Lipinski definition) is 4. The van der Waals surface area contributed by atoms with Crippen molar-refractivity contribution in [2.24, 2.45) is 4.99 Å². The van der Waals surface area contributed by atoms with Crippen molar-refractivity contribution in [2.75, 3.05) is 20.1 Å². The summed E-state index contributed by atoms with van der Waals surface area (Å²) in [6, 6.07) is 7.43. The number of rotatable bonds is 3. The van der Waals surface area contributed by atoms with E-state index in [1.165, 1.54) is 37.0 Å². The SMILES string of the molecule is CN1C(=O)N(Cc2ccc(Br)cc2)C(=O)C2C1=NC1=[N+]2CCCN1C1CCCCC1. The van der Waals surface area contributed by atoms with Crippen LogP contribution in [0, 0.1) is 0 Å². The normalized spacial score (nSPS) is 24.9. The van der Waals surface area contributed by atoms with Gasteiger partial charge < -0.3 is 0 Å². The third-order valence-corrected chi connectivity index (χ3v) is 7.24. The number of nitrogens with zero attached hydrogens (tertiary/aromatic N) is 5. The predicted molar refractivity (Wildman–Crippen MR) is 117 cm³/mol. The third-order valence-electron chi connectivity index (χ3n) is 6.71. The molecule has 1 saturated carbocycles. The van der Waals surface area contributed by atoms with Gasteiger partial charge in [-0.25, -0.2) is 9.37 Å². The molecule has 5 rings (SSSR count). The first-order chi connectivity index (χ1) is 14.5. The fraction of sp³-hybridized carbons (Fsp3) is 0.545. The van der Waals surface area contributed by atoms with Crippen LogP contribution in [0.5, 0.6) is 0 Å². The lowest BCUT2D eigenvalue weighted by Crippen LogP contribution is -2.63. The molecule has 1 unspecified atom stereocenters. The Bertz CT molecular complexity index is 935. The molecule has 0 aromatic heterocycles. The highest BCUT2D eigenvalue weighted by Crippen LogP contribution is 2.29. The van der Waals surface area contributed by atoms with Gasteiger partial charge in [-0.05, 0) is 30.5 Å². The van der Waals surface area contributed by atoms with Crippen LogP contribution >= 0.6 is 15.9 Å². The highest BCUT2D eigenvalue weighted by molar-refractivity contribution is 9.10. The molecule has 3 amide bonds. The van der Waals surface area contributed by atoms with E-state index >= 15 is 0 Å². The van der Waals surface area contributed by atoms with Gasteiger partial charge >= 0.3 is 12.0 Å². The molecular formula is C22H27BrN5O2+. The van der Waals surface area contributed by atoms with Crippen molar-refractivity contribution in [1.82, 2.24) is 14.7 Å². The topological polar surface area (TPSA) is 59.2 Å². The van der Waals surface area contributed by atoms with E-state index in [0.717, 1.165) is 35.5 Å². The second-order valence-corrected chi connectivity index (χ2v) is 9.51. The average molecular weight is 473 g/mol. The minimum absolute atomic E-state index is 0.166. The van der Waals surface area contributed by atoms with E-state index < -0.39 is 6.04 Å². The number of amides is 3. The van der Waals surface area contributed by atoms with Crippen molar-refractivity contribution >= 4 is 39.7 Å². The van der Waals surface area contributed by atoms with Crippen LogP contribution in [0.15, 0.2) is 33.7 Å². The van der Waals surface area contributed by atoms with Gasteiger partial charge in [-0.1, -0.05) is 52.3 Å². The number of hydrogen-bond donors (Lipinski definition) is 0. The number of aliphatic imine (C=N–C) groups is 1. The lowest BCUT2D eigenvalue weighted by atomic mass is 9.94. The van der Waals surface area contributed by atoms with Crippen LogP contribution in [-0.2, 0) is 11.3 Å². The lowest BCUT2D eigenvalue weighted by Gasteiger charge is -2.36. The number of carbonyl (C=O) groups is 2. The second kappa shape index (κ2) is 7.80. The molecule has 1 aromatic carbocycles. The lowest BCUT2D eigenvalue weighted by molar-refractivity contribution is -0.546. The highest BCUT2D eigenvalue weighted by atomic mass is 79.9. The molecule has 158 valence electrons. The Balaban J connectivity index is 1.45. The summed E-state index contributed by atoms with van der Waals surface area (Å²) in [7, 11) is 1.74. The zero-order valence-electron chi connectivity index (χ0n) is 17.3. The third kappa shape index (κ3) is 3.25. The molecule has 2 fully saturated rings. The van der Waals surface area contributed by atoms with Crippen LogP contribution in [0.3, 0.4) is 0 Å². The molecule has 0 radical (unpaired) electrons. The fourth-order valence-electron chi connectivity index (χ4n) is 5.13. The molecule has 3 aliphatic heterocycles. The number of likely N-dealkylation sites (N-methyl/N-ethyl adjacent to an activating group) is 1. The van der Waals surface area contributed by atoms with Crippen molar-refractivity contribution in [1.29, 1.82) is 0 Å². The van der Waals surface area contributed by atoms with Crippen molar-refractivity contribution < 1.29 is 14.2 Å². The molecule has 0 bridgehead atoms. The smallest absolute Gasteiger partial charge is 0.270 e. The zero-order chi connectivity index (χ0) is 20.8. The summed E-state index contributed by atoms with van der Waals surface area (Å²) < 4.78 is 3.10. The van der Waals surface area contributed by atoms with E-state index in [1.807, 2.05) is 24.3 Å². The highest BCUT2D eigenvalue weighted by Gasteiger charge is 2.54. The second-order valence-electron chi connectivity index (χ2n) is 8.60. The maximum absolute atomic E-state index is 13.5. The maximum Gasteiger partial charge on any atom is 0.392 e. The predicted octanol–water partition coefficient (Wildman–Crippen LogP) is 3.03. The summed E-state index contributed by atoms with van der Waals surface area (Å²) in [5.41, 5.74) is 0.929. The van der Waals surface area contributed by atoms with Gasteiger partial charge in [0.2, 0.25) is 11.9 Å². The van der Waals surface area contributed by atoms with Gasteiger partial charge in [0.25, 0.3) is 5.91 Å². The Kier molecular flexibility index (Phi) is 5.13. The van der Waals surface area contributed by atoms with Gasteiger partial charge in [0.05, 0.1) is 25.7 Å². The van der Waals surface area contributed by atoms with Gasteiger partial charge in [-0.15, -0.1) is 0 Å². The van der Waals surface area contributed by atoms with Gasteiger partial charge in [0, 0.05) is 17.9 Å². The first-order valence-electron chi connectivity index (χ1n) is 10.9. The molecule has 7 nitrogen and oxygen atoms in total. The minimum Gasteiger partial charge on any atom is -0.270 e. The van der Waals surface area contributed by atoms with Crippen molar-refractivity contribution in [2.45, 2.75) is 57.2 Å². The van der Waals surface area contributed by atoms with E-state index in [1.54, 1.807) is 11.9 Å². The summed E-state index contributed by atoms with van der Waals surface area (Å²) in [5, 5.41) is 0. The Morgan fingerprint density at radius 3 is 2.57 bits per heavy atom. The molecule has 1 aromatic rings. The molecule has 0 spiro atoms. The summed E-state index contributed by atoms with van der Waals surface area (Å²) >= 11 is 3.43. The molecule has 1 saturated heterocycles. The Morgan fingerprint density at radius 1 is 1.10 bits per heavy atom. The molecule has 0 N–H and O–H groups in total. The average Bonchev–Trinajstić information content (AvgIpc) is 3.17. The Morgan fingerprint density at radius 2 is 1.83 bits per heavy atom. The molecule has 3 heterocycles. The van der Waals surface area contributed by atoms with Crippen LogP contribution in [0.1, 0.15) is 44.1 Å². The van der Waals surface area contributed by atoms with Crippen molar-refractivity contribution in [3.63, 3.8) is 0 Å². The van der Waals surface area contributed by atoms with E-state index in [-0.39, 0.29) is 18.5 Å². The van der Waals surface area contributed by atoms with Crippen LogP contribution in [0.25, 0.3) is 0 Å². The molecule has 30 heavy (non-hydrogen) atoms. The van der Waals surface area contributed by atoms with Gasteiger partial charge in [0.15, 0.2) is 0 Å². The van der Waals surface area contributed by atoms with Gasteiger partial charge in [-0.3, -0.25) is 19.5 Å². The van der Waals surface area contributed by atoms with Crippen LogP contribution in [0.4, 0.5) is 4.79 Å². The summed E-state index contributed by atoms with van der Waals surface area (Å²) in [6.07, 6.45) is 7.20. The number of imide groups is 1. The molecule has 4 aliphatic rings. The maximum atomic E-state index is 13.5. The molecule has 8 heteroatoms. The van der Waals surface area contributed by atoms with Crippen molar-refractivity contribution in [3.8, 4) is 0 Å². The first-order valence-corrected chi connectivity index (χ1v) is 11.7. The van der Waals surface area contributed by atoms with Crippen LogP contribution < -0.4 is 0 Å². The molecule has 1 atom stereocenters. The van der Waals surface area contributed by atoms with E-state index in [0.29, 0.717) is 11.9 Å². The zero-order valence-corrected chi connectivity index (χ0v) is 18.8. The van der Waals surface area contributed by atoms with Gasteiger partial charge in [0.1, 0.15) is 0 Å². The Labute approximate surface area is 185 Å². The molecule has 1 aliphatic carbocycles. The van der Waals surface area contributed by atoms with Crippen LogP contribution in [-0.4, -0.2) is 75.2 Å². The number of benzene rings is 1. The van der Waals surface area contributed by atoms with Crippen molar-refractivity contribution in [3.05, 3.63) is 34.3 Å². The summed E-state index contributed by atoms with van der Waals surface area (Å²) in [4.78, 5) is 36.7. The van der Waals surface area contributed by atoms with E-state index in [4.69, 9.17) is 4.99 Å².